The number of amides is 1. The van der Waals surface area contributed by atoms with Crippen molar-refractivity contribution in [3.63, 3.8) is 0 Å². The molecule has 2 rings (SSSR count). The van der Waals surface area contributed by atoms with Crippen LogP contribution in [0.4, 0.5) is 5.13 Å². The lowest BCUT2D eigenvalue weighted by molar-refractivity contribution is -0.117. The van der Waals surface area contributed by atoms with Gasteiger partial charge in [0.1, 0.15) is 5.51 Å². The van der Waals surface area contributed by atoms with Crippen LogP contribution in [0.3, 0.4) is 0 Å². The van der Waals surface area contributed by atoms with Gasteiger partial charge in [-0.15, -0.1) is 10.2 Å². The van der Waals surface area contributed by atoms with Gasteiger partial charge in [0, 0.05) is 12.6 Å². The fourth-order valence-corrected chi connectivity index (χ4v) is 2.62. The van der Waals surface area contributed by atoms with Gasteiger partial charge in [-0.05, 0) is 19.0 Å². The monoisotopic (exact) mass is 306 g/mol. The molecule has 0 saturated carbocycles. The van der Waals surface area contributed by atoms with Crippen LogP contribution in [0, 0.1) is 0 Å². The van der Waals surface area contributed by atoms with E-state index in [4.69, 9.17) is 0 Å². The lowest BCUT2D eigenvalue weighted by atomic mass is 10.0. The summed E-state index contributed by atoms with van der Waals surface area (Å²) in [5.41, 5.74) is 2.65. The van der Waals surface area contributed by atoms with Crippen LogP contribution in [0.15, 0.2) is 35.8 Å². The SMILES string of the molecule is CN(CC(=O)Nc1nncs1)C(CCO)c1ccccc1. The average molecular weight is 306 g/mol. The third-order valence-electron chi connectivity index (χ3n) is 3.12. The maximum atomic E-state index is 12.0. The Hall–Kier alpha value is -1.83. The Kier molecular flexibility index (Phi) is 5.79. The predicted molar refractivity (Wildman–Crippen MR) is 82.1 cm³/mol. The first kappa shape index (κ1) is 15.6. The second kappa shape index (κ2) is 7.82. The Labute approximate surface area is 127 Å². The third kappa shape index (κ3) is 4.59. The molecule has 1 aromatic carbocycles. The van der Waals surface area contributed by atoms with Gasteiger partial charge >= 0.3 is 0 Å². The Bertz CT molecular complexity index is 547. The quantitative estimate of drug-likeness (QED) is 0.811. The molecule has 1 aromatic heterocycles. The Morgan fingerprint density at radius 3 is 2.81 bits per heavy atom. The molecule has 112 valence electrons. The highest BCUT2D eigenvalue weighted by molar-refractivity contribution is 7.13. The molecule has 6 nitrogen and oxygen atoms in total. The fourth-order valence-electron chi connectivity index (χ4n) is 2.16. The van der Waals surface area contributed by atoms with Crippen LogP contribution in [0.25, 0.3) is 0 Å². The van der Waals surface area contributed by atoms with E-state index in [0.717, 1.165) is 5.56 Å². The molecule has 0 aliphatic carbocycles. The van der Waals surface area contributed by atoms with Crippen LogP contribution in [0.1, 0.15) is 18.0 Å². The van der Waals surface area contributed by atoms with E-state index in [1.807, 2.05) is 42.3 Å². The molecule has 2 N–H and O–H groups in total. The number of hydrogen-bond acceptors (Lipinski definition) is 6. The predicted octanol–water partition coefficient (Wildman–Crippen LogP) is 1.53. The second-order valence-corrected chi connectivity index (χ2v) is 5.48. The first-order valence-corrected chi connectivity index (χ1v) is 7.50. The molecule has 0 aliphatic heterocycles. The Morgan fingerprint density at radius 2 is 2.19 bits per heavy atom. The van der Waals surface area contributed by atoms with Crippen molar-refractivity contribution in [3.8, 4) is 0 Å². The standard InChI is InChI=1S/C14H18N4O2S/c1-18(9-13(20)16-14-17-15-10-21-14)12(7-8-19)11-5-3-2-4-6-11/h2-6,10,12,19H,7-9H2,1H3,(H,16,17,20). The number of hydrogen-bond donors (Lipinski definition) is 2. The molecule has 1 unspecified atom stereocenters. The fraction of sp³-hybridized carbons (Fsp3) is 0.357. The van der Waals surface area contributed by atoms with E-state index in [1.54, 1.807) is 5.51 Å². The molecule has 0 aliphatic rings. The summed E-state index contributed by atoms with van der Waals surface area (Å²) in [6, 6.07) is 9.85. The topological polar surface area (TPSA) is 78.4 Å². The largest absolute Gasteiger partial charge is 0.396 e. The number of nitrogens with zero attached hydrogens (tertiary/aromatic N) is 3. The number of nitrogens with one attached hydrogen (secondary N) is 1. The zero-order valence-corrected chi connectivity index (χ0v) is 12.6. The molecule has 1 heterocycles. The molecular weight excluding hydrogens is 288 g/mol. The molecule has 0 fully saturated rings. The maximum Gasteiger partial charge on any atom is 0.240 e. The van der Waals surface area contributed by atoms with Gasteiger partial charge in [-0.1, -0.05) is 41.7 Å². The van der Waals surface area contributed by atoms with Gasteiger partial charge in [0.05, 0.1) is 6.54 Å². The van der Waals surface area contributed by atoms with E-state index in [0.29, 0.717) is 11.6 Å². The van der Waals surface area contributed by atoms with Crippen molar-refractivity contribution >= 4 is 22.4 Å². The van der Waals surface area contributed by atoms with Gasteiger partial charge in [0.2, 0.25) is 11.0 Å². The van der Waals surface area contributed by atoms with Crippen LogP contribution in [-0.4, -0.2) is 46.3 Å². The Balaban J connectivity index is 1.98. The molecule has 0 saturated heterocycles. The van der Waals surface area contributed by atoms with E-state index < -0.39 is 0 Å². The van der Waals surface area contributed by atoms with Gasteiger partial charge in [0.25, 0.3) is 0 Å². The van der Waals surface area contributed by atoms with E-state index >= 15 is 0 Å². The van der Waals surface area contributed by atoms with Crippen LogP contribution in [-0.2, 0) is 4.79 Å². The highest BCUT2D eigenvalue weighted by atomic mass is 32.1. The van der Waals surface area contributed by atoms with Crippen molar-refractivity contribution in [2.45, 2.75) is 12.5 Å². The summed E-state index contributed by atoms with van der Waals surface area (Å²) in [4.78, 5) is 13.9. The van der Waals surface area contributed by atoms with Gasteiger partial charge in [0.15, 0.2) is 0 Å². The molecule has 0 bridgehead atoms. The molecule has 0 spiro atoms. The number of carbonyl (C=O) groups is 1. The molecule has 7 heteroatoms. The Morgan fingerprint density at radius 1 is 1.43 bits per heavy atom. The van der Waals surface area contributed by atoms with Crippen LogP contribution in [0.2, 0.25) is 0 Å². The molecule has 21 heavy (non-hydrogen) atoms. The van der Waals surface area contributed by atoms with Crippen LogP contribution >= 0.6 is 11.3 Å². The summed E-state index contributed by atoms with van der Waals surface area (Å²) in [6.07, 6.45) is 0.576. The number of likely N-dealkylation sites (N-methyl/N-ethyl adjacent to an activating group) is 1. The maximum absolute atomic E-state index is 12.0. The summed E-state index contributed by atoms with van der Waals surface area (Å²) in [6.45, 7) is 0.293. The minimum atomic E-state index is -0.145. The number of carbonyl (C=O) groups excluding carboxylic acids is 1. The van der Waals surface area contributed by atoms with E-state index in [9.17, 15) is 9.90 Å². The second-order valence-electron chi connectivity index (χ2n) is 4.65. The van der Waals surface area contributed by atoms with Crippen molar-refractivity contribution in [2.24, 2.45) is 0 Å². The number of aliphatic hydroxyl groups is 1. The third-order valence-corrected chi connectivity index (χ3v) is 3.72. The van der Waals surface area contributed by atoms with Crippen LogP contribution in [0.5, 0.6) is 0 Å². The van der Waals surface area contributed by atoms with Crippen molar-refractivity contribution in [1.29, 1.82) is 0 Å². The van der Waals surface area contributed by atoms with Crippen LogP contribution < -0.4 is 5.32 Å². The van der Waals surface area contributed by atoms with Crippen molar-refractivity contribution in [1.82, 2.24) is 15.1 Å². The zero-order chi connectivity index (χ0) is 15.1. The number of aromatic nitrogens is 2. The van der Waals surface area contributed by atoms with Gasteiger partial charge in [-0.25, -0.2) is 0 Å². The summed E-state index contributed by atoms with van der Waals surface area (Å²) >= 11 is 1.28. The first-order valence-electron chi connectivity index (χ1n) is 6.62. The normalized spacial score (nSPS) is 12.3. The average Bonchev–Trinajstić information content (AvgIpc) is 2.98. The van der Waals surface area contributed by atoms with Gasteiger partial charge < -0.3 is 5.11 Å². The molecule has 1 atom stereocenters. The highest BCUT2D eigenvalue weighted by Gasteiger charge is 2.19. The molecule has 0 radical (unpaired) electrons. The highest BCUT2D eigenvalue weighted by Crippen LogP contribution is 2.22. The van der Waals surface area contributed by atoms with Crippen molar-refractivity contribution in [3.05, 3.63) is 41.4 Å². The minimum absolute atomic E-state index is 0.00336. The lowest BCUT2D eigenvalue weighted by Crippen LogP contribution is -2.33. The van der Waals surface area contributed by atoms with E-state index in [-0.39, 0.29) is 25.1 Å². The minimum Gasteiger partial charge on any atom is -0.396 e. The summed E-state index contributed by atoms with van der Waals surface area (Å²) in [7, 11) is 1.87. The van der Waals surface area contributed by atoms with Gasteiger partial charge in [-0.3, -0.25) is 15.0 Å². The smallest absolute Gasteiger partial charge is 0.240 e. The number of anilines is 1. The first-order chi connectivity index (χ1) is 10.2. The summed E-state index contributed by atoms with van der Waals surface area (Å²) in [5, 5.41) is 19.9. The molecular formula is C14H18N4O2S. The van der Waals surface area contributed by atoms with Crippen molar-refractivity contribution in [2.75, 3.05) is 25.5 Å². The summed E-state index contributed by atoms with van der Waals surface area (Å²) in [5.74, 6) is -0.145. The number of benzene rings is 1. The van der Waals surface area contributed by atoms with E-state index in [2.05, 4.69) is 15.5 Å². The lowest BCUT2D eigenvalue weighted by Gasteiger charge is -2.27. The number of aliphatic hydroxyl groups excluding tert-OH is 1. The van der Waals surface area contributed by atoms with E-state index in [1.165, 1.54) is 11.3 Å². The molecule has 2 aromatic rings. The zero-order valence-electron chi connectivity index (χ0n) is 11.8. The van der Waals surface area contributed by atoms with Gasteiger partial charge in [-0.2, -0.15) is 0 Å². The molecule has 1 amide bonds. The van der Waals surface area contributed by atoms with Crippen molar-refractivity contribution < 1.29 is 9.90 Å². The summed E-state index contributed by atoms with van der Waals surface area (Å²) < 4.78 is 0. The number of rotatable bonds is 7.